The number of hydrogen-bond acceptors (Lipinski definition) is 3. The number of hydrogen-bond donors (Lipinski definition) is 1. The summed E-state index contributed by atoms with van der Waals surface area (Å²) in [6.45, 7) is 3.73. The summed E-state index contributed by atoms with van der Waals surface area (Å²) in [7, 11) is 0. The third-order valence-corrected chi connectivity index (χ3v) is 4.49. The van der Waals surface area contributed by atoms with E-state index in [2.05, 4.69) is 5.32 Å². The highest BCUT2D eigenvalue weighted by atomic mass is 32.2. The zero-order valence-corrected chi connectivity index (χ0v) is 11.0. The molecular weight excluding hydrogens is 234 g/mol. The van der Waals surface area contributed by atoms with Gasteiger partial charge in [0.1, 0.15) is 4.75 Å². The van der Waals surface area contributed by atoms with Crippen LogP contribution in [0.5, 0.6) is 0 Å². The third kappa shape index (κ3) is 1.76. The number of carbonyl (C=O) groups excluding carboxylic acids is 2. The van der Waals surface area contributed by atoms with Crippen LogP contribution in [0.4, 0.5) is 5.69 Å². The van der Waals surface area contributed by atoms with Crippen molar-refractivity contribution in [1.82, 2.24) is 0 Å². The van der Waals surface area contributed by atoms with Gasteiger partial charge >= 0.3 is 0 Å². The van der Waals surface area contributed by atoms with Gasteiger partial charge in [0, 0.05) is 23.2 Å². The topological polar surface area (TPSA) is 46.2 Å². The van der Waals surface area contributed by atoms with Gasteiger partial charge in [-0.05, 0) is 31.4 Å². The van der Waals surface area contributed by atoms with Gasteiger partial charge < -0.3 is 5.32 Å². The van der Waals surface area contributed by atoms with Crippen molar-refractivity contribution in [3.05, 3.63) is 29.3 Å². The van der Waals surface area contributed by atoms with Crippen molar-refractivity contribution in [1.29, 1.82) is 0 Å². The normalized spacial score (nSPS) is 22.2. The standard InChI is InChI=1S/C13H15NO2S/c1-4-11(15)8-5-6-10-9(7-8)13(2,17-3)12(16)14-10/h5-7H,4H2,1-3H3,(H,14,16). The van der Waals surface area contributed by atoms with Crippen molar-refractivity contribution in [2.24, 2.45) is 0 Å². The van der Waals surface area contributed by atoms with E-state index < -0.39 is 4.75 Å². The second-order valence-corrected chi connectivity index (χ2v) is 5.45. The van der Waals surface area contributed by atoms with Gasteiger partial charge in [-0.2, -0.15) is 0 Å². The molecule has 1 amide bonds. The lowest BCUT2D eigenvalue weighted by atomic mass is 9.97. The smallest absolute Gasteiger partial charge is 0.244 e. The summed E-state index contributed by atoms with van der Waals surface area (Å²) in [5.41, 5.74) is 2.41. The average molecular weight is 249 g/mol. The summed E-state index contributed by atoms with van der Waals surface area (Å²) in [5.74, 6) is 0.0942. The number of ketones is 1. The lowest BCUT2D eigenvalue weighted by molar-refractivity contribution is -0.117. The fraction of sp³-hybridized carbons (Fsp3) is 0.385. The summed E-state index contributed by atoms with van der Waals surface area (Å²) >= 11 is 1.49. The molecule has 1 aromatic rings. The van der Waals surface area contributed by atoms with Crippen LogP contribution < -0.4 is 5.32 Å². The van der Waals surface area contributed by atoms with Crippen LogP contribution in [-0.4, -0.2) is 17.9 Å². The molecule has 4 heteroatoms. The van der Waals surface area contributed by atoms with E-state index in [9.17, 15) is 9.59 Å². The number of Topliss-reactive ketones (excluding diaryl/α,β-unsaturated/α-hetero) is 1. The molecule has 0 saturated heterocycles. The molecule has 1 aliphatic rings. The Hall–Kier alpha value is -1.29. The van der Waals surface area contributed by atoms with Crippen molar-refractivity contribution in [2.75, 3.05) is 11.6 Å². The van der Waals surface area contributed by atoms with E-state index in [-0.39, 0.29) is 11.7 Å². The SMILES string of the molecule is CCC(=O)c1ccc2c(c1)C(C)(SC)C(=O)N2. The first-order valence-electron chi connectivity index (χ1n) is 5.57. The predicted octanol–water partition coefficient (Wildman–Crippen LogP) is 2.81. The fourth-order valence-corrected chi connectivity index (χ4v) is 2.62. The molecule has 0 bridgehead atoms. The molecule has 1 N–H and O–H groups in total. The molecule has 0 aromatic heterocycles. The first-order chi connectivity index (χ1) is 8.02. The van der Waals surface area contributed by atoms with Crippen LogP contribution in [0.2, 0.25) is 0 Å². The summed E-state index contributed by atoms with van der Waals surface area (Å²) < 4.78 is -0.584. The van der Waals surface area contributed by atoms with Gasteiger partial charge in [-0.25, -0.2) is 0 Å². The van der Waals surface area contributed by atoms with E-state index in [1.165, 1.54) is 11.8 Å². The van der Waals surface area contributed by atoms with Crippen molar-refractivity contribution in [2.45, 2.75) is 25.0 Å². The predicted molar refractivity (Wildman–Crippen MR) is 70.6 cm³/mol. The molecule has 3 nitrogen and oxygen atoms in total. The third-order valence-electron chi connectivity index (χ3n) is 3.27. The second-order valence-electron chi connectivity index (χ2n) is 4.23. The van der Waals surface area contributed by atoms with Crippen LogP contribution in [0.3, 0.4) is 0 Å². The lowest BCUT2D eigenvalue weighted by Gasteiger charge is -2.19. The monoisotopic (exact) mass is 249 g/mol. The minimum atomic E-state index is -0.584. The molecule has 1 aromatic carbocycles. The summed E-state index contributed by atoms with van der Waals surface area (Å²) in [5, 5.41) is 2.85. The Morgan fingerprint density at radius 3 is 2.76 bits per heavy atom. The maximum absolute atomic E-state index is 11.9. The number of rotatable bonds is 3. The van der Waals surface area contributed by atoms with Crippen LogP contribution in [0, 0.1) is 0 Å². The van der Waals surface area contributed by atoms with E-state index in [1.54, 1.807) is 6.07 Å². The number of fused-ring (bicyclic) bond motifs is 1. The van der Waals surface area contributed by atoms with Gasteiger partial charge in [-0.3, -0.25) is 9.59 Å². The molecule has 0 aliphatic carbocycles. The molecule has 0 radical (unpaired) electrons. The molecule has 1 atom stereocenters. The molecule has 2 rings (SSSR count). The van der Waals surface area contributed by atoms with E-state index in [0.717, 1.165) is 11.3 Å². The molecular formula is C13H15NO2S. The van der Waals surface area contributed by atoms with E-state index >= 15 is 0 Å². The molecule has 0 fully saturated rings. The first kappa shape index (κ1) is 12.2. The Labute approximate surface area is 105 Å². The summed E-state index contributed by atoms with van der Waals surface area (Å²) in [4.78, 5) is 23.6. The fourth-order valence-electron chi connectivity index (χ4n) is 1.99. The van der Waals surface area contributed by atoms with E-state index in [4.69, 9.17) is 0 Å². The molecule has 0 saturated carbocycles. The maximum Gasteiger partial charge on any atom is 0.244 e. The van der Waals surface area contributed by atoms with Crippen molar-refractivity contribution < 1.29 is 9.59 Å². The van der Waals surface area contributed by atoms with E-state index in [0.29, 0.717) is 12.0 Å². The highest BCUT2D eigenvalue weighted by Gasteiger charge is 2.42. The second kappa shape index (κ2) is 4.18. The largest absolute Gasteiger partial charge is 0.324 e. The summed E-state index contributed by atoms with van der Waals surface area (Å²) in [6.07, 6.45) is 2.39. The Kier molecular flexibility index (Phi) is 3.00. The average Bonchev–Trinajstić information content (AvgIpc) is 2.61. The number of anilines is 1. The van der Waals surface area contributed by atoms with Crippen LogP contribution >= 0.6 is 11.8 Å². The molecule has 17 heavy (non-hydrogen) atoms. The van der Waals surface area contributed by atoms with Crippen molar-refractivity contribution >= 4 is 29.1 Å². The Morgan fingerprint density at radius 2 is 2.18 bits per heavy atom. The highest BCUT2D eigenvalue weighted by molar-refractivity contribution is 8.00. The lowest BCUT2D eigenvalue weighted by Crippen LogP contribution is -2.26. The van der Waals surface area contributed by atoms with Crippen LogP contribution in [0.25, 0.3) is 0 Å². The number of benzene rings is 1. The minimum Gasteiger partial charge on any atom is -0.324 e. The zero-order valence-electron chi connectivity index (χ0n) is 10.2. The Bertz CT molecular complexity index is 498. The Morgan fingerprint density at radius 1 is 1.47 bits per heavy atom. The quantitative estimate of drug-likeness (QED) is 0.838. The number of carbonyl (C=O) groups is 2. The van der Waals surface area contributed by atoms with Crippen molar-refractivity contribution in [3.63, 3.8) is 0 Å². The van der Waals surface area contributed by atoms with Crippen LogP contribution in [0.15, 0.2) is 18.2 Å². The molecule has 0 spiro atoms. The van der Waals surface area contributed by atoms with Gasteiger partial charge in [0.25, 0.3) is 0 Å². The minimum absolute atomic E-state index is 0.0129. The van der Waals surface area contributed by atoms with Crippen molar-refractivity contribution in [3.8, 4) is 0 Å². The summed E-state index contributed by atoms with van der Waals surface area (Å²) in [6, 6.07) is 5.43. The highest BCUT2D eigenvalue weighted by Crippen LogP contribution is 2.44. The Balaban J connectivity index is 2.53. The maximum atomic E-state index is 11.9. The number of amides is 1. The molecule has 90 valence electrons. The van der Waals surface area contributed by atoms with Gasteiger partial charge in [-0.15, -0.1) is 11.8 Å². The van der Waals surface area contributed by atoms with E-state index in [1.807, 2.05) is 32.2 Å². The first-order valence-corrected chi connectivity index (χ1v) is 6.79. The molecule has 1 heterocycles. The van der Waals surface area contributed by atoms with Gasteiger partial charge in [0.2, 0.25) is 5.91 Å². The number of thioether (sulfide) groups is 1. The van der Waals surface area contributed by atoms with Gasteiger partial charge in [0.15, 0.2) is 5.78 Å². The van der Waals surface area contributed by atoms with Gasteiger partial charge in [0.05, 0.1) is 0 Å². The zero-order chi connectivity index (χ0) is 12.6. The van der Waals surface area contributed by atoms with Gasteiger partial charge in [-0.1, -0.05) is 6.92 Å². The molecule has 1 unspecified atom stereocenters. The van der Waals surface area contributed by atoms with Crippen LogP contribution in [-0.2, 0) is 9.54 Å². The van der Waals surface area contributed by atoms with Crippen LogP contribution in [0.1, 0.15) is 36.2 Å². The number of nitrogens with one attached hydrogen (secondary N) is 1. The molecule has 1 aliphatic heterocycles.